The SMILES string of the molecule is CNC(=O)CNc1ncc2ncnc(Nc3cccc(C)c3)c2n1. The third-order valence-electron chi connectivity index (χ3n) is 3.34. The van der Waals surface area contributed by atoms with E-state index in [-0.39, 0.29) is 12.5 Å². The van der Waals surface area contributed by atoms with E-state index in [2.05, 4.69) is 35.9 Å². The van der Waals surface area contributed by atoms with Gasteiger partial charge in [-0.3, -0.25) is 4.79 Å². The Bertz CT molecular complexity index is 881. The number of fused-ring (bicyclic) bond motifs is 1. The predicted octanol–water partition coefficient (Wildman–Crippen LogP) is 1.63. The summed E-state index contributed by atoms with van der Waals surface area (Å²) in [6, 6.07) is 7.95. The summed E-state index contributed by atoms with van der Waals surface area (Å²) < 4.78 is 0. The second-order valence-electron chi connectivity index (χ2n) is 5.17. The molecule has 8 nitrogen and oxygen atoms in total. The molecule has 8 heteroatoms. The zero-order valence-corrected chi connectivity index (χ0v) is 13.4. The van der Waals surface area contributed by atoms with E-state index in [9.17, 15) is 4.79 Å². The molecule has 2 aromatic heterocycles. The molecular weight excluding hydrogens is 306 g/mol. The lowest BCUT2D eigenvalue weighted by molar-refractivity contribution is -0.118. The number of carbonyl (C=O) groups excluding carboxylic acids is 1. The number of carbonyl (C=O) groups is 1. The van der Waals surface area contributed by atoms with Crippen molar-refractivity contribution in [2.24, 2.45) is 0 Å². The molecular formula is C16H17N7O. The van der Waals surface area contributed by atoms with Gasteiger partial charge in [-0.05, 0) is 24.6 Å². The van der Waals surface area contributed by atoms with Gasteiger partial charge in [0.1, 0.15) is 17.4 Å². The van der Waals surface area contributed by atoms with E-state index in [1.807, 2.05) is 31.2 Å². The van der Waals surface area contributed by atoms with Crippen LogP contribution in [0.4, 0.5) is 17.5 Å². The Morgan fingerprint density at radius 1 is 1.21 bits per heavy atom. The third kappa shape index (κ3) is 3.54. The highest BCUT2D eigenvalue weighted by Crippen LogP contribution is 2.22. The van der Waals surface area contributed by atoms with Crippen molar-refractivity contribution in [2.75, 3.05) is 24.2 Å². The van der Waals surface area contributed by atoms with Gasteiger partial charge in [-0.25, -0.2) is 19.9 Å². The fourth-order valence-electron chi connectivity index (χ4n) is 2.14. The molecule has 0 fully saturated rings. The van der Waals surface area contributed by atoms with Crippen LogP contribution in [0.2, 0.25) is 0 Å². The van der Waals surface area contributed by atoms with Gasteiger partial charge in [0, 0.05) is 12.7 Å². The molecule has 0 aliphatic heterocycles. The first-order chi connectivity index (χ1) is 11.7. The highest BCUT2D eigenvalue weighted by atomic mass is 16.1. The number of aryl methyl sites for hydroxylation is 1. The first-order valence-corrected chi connectivity index (χ1v) is 7.41. The number of nitrogens with one attached hydrogen (secondary N) is 3. The van der Waals surface area contributed by atoms with Gasteiger partial charge in [0.25, 0.3) is 0 Å². The van der Waals surface area contributed by atoms with Crippen molar-refractivity contribution >= 4 is 34.4 Å². The molecule has 0 radical (unpaired) electrons. The molecule has 0 spiro atoms. The van der Waals surface area contributed by atoms with Crippen LogP contribution in [0.3, 0.4) is 0 Å². The molecule has 0 saturated heterocycles. The average molecular weight is 323 g/mol. The lowest BCUT2D eigenvalue weighted by Crippen LogP contribution is -2.26. The number of hydrogen-bond acceptors (Lipinski definition) is 7. The summed E-state index contributed by atoms with van der Waals surface area (Å²) in [5.41, 5.74) is 3.24. The zero-order chi connectivity index (χ0) is 16.9. The fraction of sp³-hybridized carbons (Fsp3) is 0.188. The van der Waals surface area contributed by atoms with Crippen LogP contribution in [-0.2, 0) is 4.79 Å². The van der Waals surface area contributed by atoms with Crippen LogP contribution >= 0.6 is 0 Å². The summed E-state index contributed by atoms with van der Waals surface area (Å²) in [7, 11) is 1.57. The molecule has 1 aromatic carbocycles. The average Bonchev–Trinajstić information content (AvgIpc) is 2.60. The second kappa shape index (κ2) is 6.86. The van der Waals surface area contributed by atoms with E-state index in [1.165, 1.54) is 6.33 Å². The lowest BCUT2D eigenvalue weighted by atomic mass is 10.2. The lowest BCUT2D eigenvalue weighted by Gasteiger charge is -2.09. The number of anilines is 3. The number of aromatic nitrogens is 4. The molecule has 3 rings (SSSR count). The molecule has 2 heterocycles. The minimum atomic E-state index is -0.152. The predicted molar refractivity (Wildman–Crippen MR) is 92.1 cm³/mol. The van der Waals surface area contributed by atoms with Gasteiger partial charge in [0.2, 0.25) is 11.9 Å². The summed E-state index contributed by atoms with van der Waals surface area (Å²) in [6.45, 7) is 2.11. The van der Waals surface area contributed by atoms with E-state index in [1.54, 1.807) is 13.2 Å². The quantitative estimate of drug-likeness (QED) is 0.655. The van der Waals surface area contributed by atoms with Gasteiger partial charge >= 0.3 is 0 Å². The van der Waals surface area contributed by atoms with E-state index in [0.29, 0.717) is 22.8 Å². The van der Waals surface area contributed by atoms with Gasteiger partial charge in [-0.1, -0.05) is 12.1 Å². The van der Waals surface area contributed by atoms with Crippen LogP contribution in [0.25, 0.3) is 11.0 Å². The number of nitrogens with zero attached hydrogens (tertiary/aromatic N) is 4. The third-order valence-corrected chi connectivity index (χ3v) is 3.34. The molecule has 0 unspecified atom stereocenters. The fourth-order valence-corrected chi connectivity index (χ4v) is 2.14. The molecule has 3 N–H and O–H groups in total. The summed E-state index contributed by atoms with van der Waals surface area (Å²) in [6.07, 6.45) is 3.05. The molecule has 0 saturated carbocycles. The smallest absolute Gasteiger partial charge is 0.239 e. The maximum Gasteiger partial charge on any atom is 0.239 e. The summed E-state index contributed by atoms with van der Waals surface area (Å²) in [4.78, 5) is 28.3. The maximum absolute atomic E-state index is 11.3. The molecule has 24 heavy (non-hydrogen) atoms. The van der Waals surface area contributed by atoms with Crippen molar-refractivity contribution in [1.29, 1.82) is 0 Å². The Morgan fingerprint density at radius 2 is 2.08 bits per heavy atom. The summed E-state index contributed by atoms with van der Waals surface area (Å²) in [5.74, 6) is 0.769. The van der Waals surface area contributed by atoms with E-state index in [4.69, 9.17) is 0 Å². The Labute approximate surface area is 138 Å². The number of amides is 1. The number of rotatable bonds is 5. The van der Waals surface area contributed by atoms with Gasteiger partial charge in [0.15, 0.2) is 5.82 Å². The van der Waals surface area contributed by atoms with Crippen LogP contribution in [0.15, 0.2) is 36.8 Å². The van der Waals surface area contributed by atoms with Gasteiger partial charge in [-0.15, -0.1) is 0 Å². The molecule has 0 aliphatic carbocycles. The van der Waals surface area contributed by atoms with Gasteiger partial charge in [0.05, 0.1) is 12.7 Å². The van der Waals surface area contributed by atoms with Crippen molar-refractivity contribution in [3.63, 3.8) is 0 Å². The highest BCUT2D eigenvalue weighted by molar-refractivity contribution is 5.87. The van der Waals surface area contributed by atoms with Crippen molar-refractivity contribution in [3.05, 3.63) is 42.4 Å². The zero-order valence-electron chi connectivity index (χ0n) is 13.4. The van der Waals surface area contributed by atoms with E-state index < -0.39 is 0 Å². The Balaban J connectivity index is 1.91. The number of hydrogen-bond donors (Lipinski definition) is 3. The Hall–Kier alpha value is -3.29. The van der Waals surface area contributed by atoms with Crippen LogP contribution in [0.1, 0.15) is 5.56 Å². The molecule has 1 amide bonds. The van der Waals surface area contributed by atoms with E-state index >= 15 is 0 Å². The van der Waals surface area contributed by atoms with Crippen molar-refractivity contribution < 1.29 is 4.79 Å². The van der Waals surface area contributed by atoms with Crippen molar-refractivity contribution in [3.8, 4) is 0 Å². The molecule has 0 bridgehead atoms. The van der Waals surface area contributed by atoms with Gasteiger partial charge in [-0.2, -0.15) is 0 Å². The largest absolute Gasteiger partial charge is 0.358 e. The van der Waals surface area contributed by atoms with Gasteiger partial charge < -0.3 is 16.0 Å². The van der Waals surface area contributed by atoms with Crippen LogP contribution in [0, 0.1) is 6.92 Å². The Morgan fingerprint density at radius 3 is 2.88 bits per heavy atom. The minimum Gasteiger partial charge on any atom is -0.358 e. The topological polar surface area (TPSA) is 105 Å². The minimum absolute atomic E-state index is 0.0936. The summed E-state index contributed by atoms with van der Waals surface area (Å²) >= 11 is 0. The highest BCUT2D eigenvalue weighted by Gasteiger charge is 2.09. The summed E-state index contributed by atoms with van der Waals surface area (Å²) in [5, 5.41) is 8.64. The molecule has 0 aliphatic rings. The Kier molecular flexibility index (Phi) is 4.46. The van der Waals surface area contributed by atoms with Crippen LogP contribution in [-0.4, -0.2) is 39.4 Å². The van der Waals surface area contributed by atoms with Crippen molar-refractivity contribution in [1.82, 2.24) is 25.3 Å². The van der Waals surface area contributed by atoms with Crippen LogP contribution in [0.5, 0.6) is 0 Å². The molecule has 0 atom stereocenters. The first kappa shape index (κ1) is 15.6. The number of likely N-dealkylation sites (N-methyl/N-ethyl adjacent to an activating group) is 1. The molecule has 3 aromatic rings. The first-order valence-electron chi connectivity index (χ1n) is 7.41. The van der Waals surface area contributed by atoms with Crippen LogP contribution < -0.4 is 16.0 Å². The monoisotopic (exact) mass is 323 g/mol. The maximum atomic E-state index is 11.3. The second-order valence-corrected chi connectivity index (χ2v) is 5.17. The van der Waals surface area contributed by atoms with Crippen molar-refractivity contribution in [2.45, 2.75) is 6.92 Å². The standard InChI is InChI=1S/C16H17N7O/c1-10-4-3-5-11(6-10)22-15-14-12(20-9-21-15)7-18-16(23-14)19-8-13(24)17-2/h3-7,9H,8H2,1-2H3,(H,17,24)(H,18,19,23)(H,20,21,22). The number of benzene rings is 1. The molecule has 122 valence electrons. The normalized spacial score (nSPS) is 10.4. The van der Waals surface area contributed by atoms with E-state index in [0.717, 1.165) is 11.3 Å².